The molecule has 1 N–H and O–H groups in total. The van der Waals surface area contributed by atoms with Gasteiger partial charge in [-0.15, -0.1) is 0 Å². The average Bonchev–Trinajstić information content (AvgIpc) is 2.68. The van der Waals surface area contributed by atoms with E-state index in [1.807, 2.05) is 12.1 Å². The number of nitrogens with zero attached hydrogens (tertiary/aromatic N) is 2. The Kier molecular flexibility index (Phi) is 6.94. The van der Waals surface area contributed by atoms with Crippen molar-refractivity contribution in [2.75, 3.05) is 44.2 Å². The van der Waals surface area contributed by atoms with Crippen LogP contribution in [0.15, 0.2) is 42.5 Å². The van der Waals surface area contributed by atoms with E-state index >= 15 is 0 Å². The lowest BCUT2D eigenvalue weighted by Crippen LogP contribution is -2.47. The van der Waals surface area contributed by atoms with Crippen molar-refractivity contribution in [1.82, 2.24) is 10.2 Å². The highest BCUT2D eigenvalue weighted by atomic mass is 35.5. The van der Waals surface area contributed by atoms with Crippen molar-refractivity contribution >= 4 is 34.8 Å². The smallest absolute Gasteiger partial charge is 0.251 e. The molecule has 1 saturated heterocycles. The summed E-state index contributed by atoms with van der Waals surface area (Å²) < 4.78 is 13.0. The molecule has 1 aliphatic heterocycles. The quantitative estimate of drug-likeness (QED) is 0.730. The van der Waals surface area contributed by atoms with Gasteiger partial charge in [0, 0.05) is 44.0 Å². The Labute approximate surface area is 168 Å². The van der Waals surface area contributed by atoms with Crippen LogP contribution in [0.2, 0.25) is 10.0 Å². The molecule has 1 aliphatic rings. The maximum absolute atomic E-state index is 13.0. The molecule has 7 heteroatoms. The third-order valence-electron chi connectivity index (χ3n) is 4.68. The summed E-state index contributed by atoms with van der Waals surface area (Å²) in [5.74, 6) is -0.352. The number of amides is 1. The normalized spacial score (nSPS) is 15.0. The van der Waals surface area contributed by atoms with Crippen LogP contribution in [0.4, 0.5) is 10.1 Å². The van der Waals surface area contributed by atoms with E-state index in [1.54, 1.807) is 18.2 Å². The third-order valence-corrected chi connectivity index (χ3v) is 5.42. The number of benzene rings is 2. The Bertz CT molecular complexity index is 777. The van der Waals surface area contributed by atoms with Crippen molar-refractivity contribution in [3.63, 3.8) is 0 Å². The molecule has 3 rings (SSSR count). The maximum Gasteiger partial charge on any atom is 0.251 e. The predicted octanol–water partition coefficient (Wildman–Crippen LogP) is 4.07. The minimum Gasteiger partial charge on any atom is -0.369 e. The van der Waals surface area contributed by atoms with E-state index < -0.39 is 0 Å². The minimum absolute atomic E-state index is 0.144. The van der Waals surface area contributed by atoms with Crippen LogP contribution in [0.5, 0.6) is 0 Å². The molecule has 1 amide bonds. The second kappa shape index (κ2) is 9.40. The standard InChI is InChI=1S/C20H22Cl2FN3O/c21-18-7-2-15(14-19(18)22)20(27)24-8-1-9-25-10-12-26(13-11-25)17-5-3-16(23)4-6-17/h2-7,14H,1,8-13H2,(H,24,27). The molecule has 0 spiro atoms. The van der Waals surface area contributed by atoms with Crippen molar-refractivity contribution in [2.24, 2.45) is 0 Å². The molecule has 0 radical (unpaired) electrons. The lowest BCUT2D eigenvalue weighted by atomic mass is 10.2. The molecule has 0 bridgehead atoms. The van der Waals surface area contributed by atoms with Gasteiger partial charge < -0.3 is 10.2 Å². The molecule has 0 saturated carbocycles. The first kappa shape index (κ1) is 19.9. The van der Waals surface area contributed by atoms with Crippen LogP contribution in [0.3, 0.4) is 0 Å². The highest BCUT2D eigenvalue weighted by molar-refractivity contribution is 6.42. The molecule has 0 unspecified atom stereocenters. The molecule has 4 nitrogen and oxygen atoms in total. The number of rotatable bonds is 6. The molecule has 2 aromatic rings. The third kappa shape index (κ3) is 5.58. The van der Waals surface area contributed by atoms with Gasteiger partial charge in [-0.1, -0.05) is 23.2 Å². The summed E-state index contributed by atoms with van der Waals surface area (Å²) in [6, 6.07) is 11.5. The molecule has 2 aromatic carbocycles. The zero-order chi connectivity index (χ0) is 19.2. The van der Waals surface area contributed by atoms with Crippen molar-refractivity contribution in [1.29, 1.82) is 0 Å². The van der Waals surface area contributed by atoms with Gasteiger partial charge in [-0.25, -0.2) is 4.39 Å². The van der Waals surface area contributed by atoms with Gasteiger partial charge in [-0.2, -0.15) is 0 Å². The Hall–Kier alpha value is -1.82. The molecule has 27 heavy (non-hydrogen) atoms. The molecule has 0 aliphatic carbocycles. The highest BCUT2D eigenvalue weighted by Gasteiger charge is 2.17. The lowest BCUT2D eigenvalue weighted by molar-refractivity contribution is 0.0951. The van der Waals surface area contributed by atoms with Gasteiger partial charge >= 0.3 is 0 Å². The van der Waals surface area contributed by atoms with Gasteiger partial charge in [0.2, 0.25) is 0 Å². The lowest BCUT2D eigenvalue weighted by Gasteiger charge is -2.36. The van der Waals surface area contributed by atoms with Crippen LogP contribution in [0.1, 0.15) is 16.8 Å². The number of carbonyl (C=O) groups excluding carboxylic acids is 1. The summed E-state index contributed by atoms with van der Waals surface area (Å²) in [6.45, 7) is 5.29. The van der Waals surface area contributed by atoms with Crippen LogP contribution in [0.25, 0.3) is 0 Å². The predicted molar refractivity (Wildman–Crippen MR) is 108 cm³/mol. The minimum atomic E-state index is -0.208. The van der Waals surface area contributed by atoms with Crippen LogP contribution in [0, 0.1) is 5.82 Å². The van der Waals surface area contributed by atoms with Gasteiger partial charge in [0.15, 0.2) is 0 Å². The number of halogens is 3. The van der Waals surface area contributed by atoms with E-state index in [0.717, 1.165) is 44.8 Å². The number of hydrogen-bond acceptors (Lipinski definition) is 3. The summed E-state index contributed by atoms with van der Waals surface area (Å²) in [5, 5.41) is 3.73. The number of piperazine rings is 1. The molecule has 144 valence electrons. The number of hydrogen-bond donors (Lipinski definition) is 1. The Morgan fingerprint density at radius 1 is 1.00 bits per heavy atom. The second-order valence-electron chi connectivity index (χ2n) is 6.54. The number of carbonyl (C=O) groups is 1. The average molecular weight is 410 g/mol. The SMILES string of the molecule is O=C(NCCCN1CCN(c2ccc(F)cc2)CC1)c1ccc(Cl)c(Cl)c1. The zero-order valence-electron chi connectivity index (χ0n) is 14.9. The van der Waals surface area contributed by atoms with Crippen molar-refractivity contribution in [3.8, 4) is 0 Å². The first-order valence-electron chi connectivity index (χ1n) is 8.99. The second-order valence-corrected chi connectivity index (χ2v) is 7.36. The molecular formula is C20H22Cl2FN3O. The van der Waals surface area contributed by atoms with E-state index in [9.17, 15) is 9.18 Å². The van der Waals surface area contributed by atoms with E-state index in [-0.39, 0.29) is 11.7 Å². The first-order valence-corrected chi connectivity index (χ1v) is 9.74. The van der Waals surface area contributed by atoms with Gasteiger partial charge in [0.05, 0.1) is 10.0 Å². The van der Waals surface area contributed by atoms with Gasteiger partial charge in [-0.05, 0) is 55.4 Å². The van der Waals surface area contributed by atoms with Crippen molar-refractivity contribution in [2.45, 2.75) is 6.42 Å². The Morgan fingerprint density at radius 2 is 1.70 bits per heavy atom. The van der Waals surface area contributed by atoms with E-state index in [4.69, 9.17) is 23.2 Å². The monoisotopic (exact) mass is 409 g/mol. The molecular weight excluding hydrogens is 388 g/mol. The molecule has 1 fully saturated rings. The van der Waals surface area contributed by atoms with Gasteiger partial charge in [-0.3, -0.25) is 9.69 Å². The Balaban J connectivity index is 1.36. The molecule has 1 heterocycles. The van der Waals surface area contributed by atoms with E-state index in [0.29, 0.717) is 22.2 Å². The van der Waals surface area contributed by atoms with Crippen LogP contribution in [-0.2, 0) is 0 Å². The summed E-state index contributed by atoms with van der Waals surface area (Å²) in [5.41, 5.74) is 1.57. The van der Waals surface area contributed by atoms with E-state index in [2.05, 4.69) is 15.1 Å². The summed E-state index contributed by atoms with van der Waals surface area (Å²) in [7, 11) is 0. The van der Waals surface area contributed by atoms with Gasteiger partial charge in [0.1, 0.15) is 5.82 Å². The fourth-order valence-electron chi connectivity index (χ4n) is 3.13. The fraction of sp³-hybridized carbons (Fsp3) is 0.350. The summed E-state index contributed by atoms with van der Waals surface area (Å²) in [4.78, 5) is 16.8. The largest absolute Gasteiger partial charge is 0.369 e. The summed E-state index contributed by atoms with van der Waals surface area (Å²) >= 11 is 11.8. The molecule has 0 aromatic heterocycles. The Morgan fingerprint density at radius 3 is 2.37 bits per heavy atom. The summed E-state index contributed by atoms with van der Waals surface area (Å²) in [6.07, 6.45) is 0.879. The van der Waals surface area contributed by atoms with Crippen LogP contribution >= 0.6 is 23.2 Å². The van der Waals surface area contributed by atoms with Gasteiger partial charge in [0.25, 0.3) is 5.91 Å². The maximum atomic E-state index is 13.0. The van der Waals surface area contributed by atoms with E-state index in [1.165, 1.54) is 12.1 Å². The highest BCUT2D eigenvalue weighted by Crippen LogP contribution is 2.22. The van der Waals surface area contributed by atoms with Crippen molar-refractivity contribution < 1.29 is 9.18 Å². The first-order chi connectivity index (χ1) is 13.0. The zero-order valence-corrected chi connectivity index (χ0v) is 16.4. The van der Waals surface area contributed by atoms with Crippen LogP contribution < -0.4 is 10.2 Å². The topological polar surface area (TPSA) is 35.6 Å². The van der Waals surface area contributed by atoms with Crippen molar-refractivity contribution in [3.05, 3.63) is 63.9 Å². The fourth-order valence-corrected chi connectivity index (χ4v) is 3.42. The molecule has 0 atom stereocenters. The number of nitrogens with one attached hydrogen (secondary N) is 1. The number of anilines is 1. The van der Waals surface area contributed by atoms with Crippen LogP contribution in [-0.4, -0.2) is 50.1 Å².